The smallest absolute Gasteiger partial charge is 0.243 e. The van der Waals surface area contributed by atoms with Gasteiger partial charge in [-0.2, -0.15) is 4.31 Å². The maximum Gasteiger partial charge on any atom is 0.243 e. The summed E-state index contributed by atoms with van der Waals surface area (Å²) in [7, 11) is -2.22. The molecule has 0 heterocycles. The number of benzene rings is 1. The van der Waals surface area contributed by atoms with E-state index < -0.39 is 16.1 Å². The largest absolute Gasteiger partial charge is 0.398 e. The van der Waals surface area contributed by atoms with E-state index in [1.54, 1.807) is 13.0 Å². The fourth-order valence-corrected chi connectivity index (χ4v) is 3.74. The number of nitrogens with two attached hydrogens (primary N) is 1. The van der Waals surface area contributed by atoms with Crippen molar-refractivity contribution in [2.24, 2.45) is 0 Å². The minimum absolute atomic E-state index is 0.0359. The predicted octanol–water partition coefficient (Wildman–Crippen LogP) is 1.34. The van der Waals surface area contributed by atoms with Gasteiger partial charge in [0.25, 0.3) is 0 Å². The summed E-state index contributed by atoms with van der Waals surface area (Å²) in [5, 5.41) is 9.27. The van der Waals surface area contributed by atoms with Gasteiger partial charge in [0.05, 0.1) is 11.0 Å². The van der Waals surface area contributed by atoms with Crippen molar-refractivity contribution in [3.63, 3.8) is 0 Å². The molecule has 102 valence electrons. The van der Waals surface area contributed by atoms with E-state index in [2.05, 4.69) is 15.9 Å². The van der Waals surface area contributed by atoms with Crippen LogP contribution < -0.4 is 5.73 Å². The van der Waals surface area contributed by atoms with E-state index in [1.165, 1.54) is 20.0 Å². The molecule has 0 aliphatic rings. The topological polar surface area (TPSA) is 83.6 Å². The lowest BCUT2D eigenvalue weighted by atomic mass is 10.2. The Hall–Kier alpha value is -0.630. The molecule has 1 unspecified atom stereocenters. The lowest BCUT2D eigenvalue weighted by molar-refractivity contribution is 0.171. The van der Waals surface area contributed by atoms with Crippen LogP contribution >= 0.6 is 15.9 Å². The average molecular weight is 337 g/mol. The molecule has 0 saturated carbocycles. The van der Waals surface area contributed by atoms with Gasteiger partial charge in [0.1, 0.15) is 0 Å². The summed E-state index contributed by atoms with van der Waals surface area (Å²) in [5.74, 6) is 0. The van der Waals surface area contributed by atoms with Crippen molar-refractivity contribution >= 4 is 31.6 Å². The van der Waals surface area contributed by atoms with E-state index in [1.807, 2.05) is 0 Å². The maximum absolute atomic E-state index is 12.3. The van der Waals surface area contributed by atoms with Crippen molar-refractivity contribution in [3.8, 4) is 0 Å². The Bertz CT molecular complexity index is 543. The van der Waals surface area contributed by atoms with Crippen LogP contribution in [0.4, 0.5) is 5.69 Å². The summed E-state index contributed by atoms with van der Waals surface area (Å²) < 4.78 is 26.4. The van der Waals surface area contributed by atoms with Crippen LogP contribution in [0.1, 0.15) is 12.5 Å². The second-order valence-electron chi connectivity index (χ2n) is 4.25. The molecular formula is C11H17BrN2O3S. The highest BCUT2D eigenvalue weighted by Crippen LogP contribution is 2.28. The van der Waals surface area contributed by atoms with Crippen LogP contribution in [0.15, 0.2) is 21.5 Å². The zero-order valence-electron chi connectivity index (χ0n) is 10.5. The minimum atomic E-state index is -3.65. The summed E-state index contributed by atoms with van der Waals surface area (Å²) in [6.07, 6.45) is -0.727. The Morgan fingerprint density at radius 2 is 2.06 bits per heavy atom. The molecule has 0 aromatic heterocycles. The average Bonchev–Trinajstić information content (AvgIpc) is 2.22. The molecule has 7 heteroatoms. The summed E-state index contributed by atoms with van der Waals surface area (Å²) in [4.78, 5) is 0.150. The van der Waals surface area contributed by atoms with Gasteiger partial charge in [-0.15, -0.1) is 0 Å². The van der Waals surface area contributed by atoms with Gasteiger partial charge in [0.15, 0.2) is 0 Å². The number of hydrogen-bond acceptors (Lipinski definition) is 4. The standard InChI is InChI=1S/C11H17BrN2O3S/c1-7(15)6-14(3)18(16,17)11-5-9(12)4-10(13)8(11)2/h4-5,7,15H,6,13H2,1-3H3. The number of nitrogen functional groups attached to an aromatic ring is 1. The van der Waals surface area contributed by atoms with Crippen molar-refractivity contribution in [1.82, 2.24) is 4.31 Å². The molecule has 18 heavy (non-hydrogen) atoms. The van der Waals surface area contributed by atoms with Gasteiger partial charge < -0.3 is 10.8 Å². The Balaban J connectivity index is 3.29. The molecule has 0 aliphatic heterocycles. The van der Waals surface area contributed by atoms with Crippen LogP contribution in [0.5, 0.6) is 0 Å². The molecule has 0 amide bonds. The van der Waals surface area contributed by atoms with E-state index in [4.69, 9.17) is 5.73 Å². The first-order valence-corrected chi connectivity index (χ1v) is 7.59. The van der Waals surface area contributed by atoms with E-state index in [9.17, 15) is 13.5 Å². The van der Waals surface area contributed by atoms with Gasteiger partial charge in [-0.05, 0) is 31.5 Å². The van der Waals surface area contributed by atoms with Crippen LogP contribution in [0.2, 0.25) is 0 Å². The minimum Gasteiger partial charge on any atom is -0.398 e. The normalized spacial score (nSPS) is 13.9. The number of aliphatic hydroxyl groups excluding tert-OH is 1. The third-order valence-electron chi connectivity index (χ3n) is 2.57. The van der Waals surface area contributed by atoms with Gasteiger partial charge in [-0.25, -0.2) is 8.42 Å². The summed E-state index contributed by atoms with van der Waals surface area (Å²) in [6, 6.07) is 3.17. The molecule has 3 N–H and O–H groups in total. The molecule has 0 radical (unpaired) electrons. The first-order valence-electron chi connectivity index (χ1n) is 5.36. The number of likely N-dealkylation sites (N-methyl/N-ethyl adjacent to an activating group) is 1. The summed E-state index contributed by atoms with van der Waals surface area (Å²) >= 11 is 3.23. The molecule has 0 bridgehead atoms. The van der Waals surface area contributed by atoms with Gasteiger partial charge >= 0.3 is 0 Å². The number of aliphatic hydroxyl groups is 1. The summed E-state index contributed by atoms with van der Waals surface area (Å²) in [6.45, 7) is 3.23. The van der Waals surface area contributed by atoms with Gasteiger partial charge in [0, 0.05) is 23.8 Å². The fraction of sp³-hybridized carbons (Fsp3) is 0.455. The van der Waals surface area contributed by atoms with E-state index in [-0.39, 0.29) is 11.4 Å². The van der Waals surface area contributed by atoms with Gasteiger partial charge in [-0.3, -0.25) is 0 Å². The number of rotatable bonds is 4. The highest BCUT2D eigenvalue weighted by atomic mass is 79.9. The number of nitrogens with zero attached hydrogens (tertiary/aromatic N) is 1. The van der Waals surface area contributed by atoms with Crippen LogP contribution in [0.25, 0.3) is 0 Å². The van der Waals surface area contributed by atoms with Crippen LogP contribution in [-0.4, -0.2) is 37.5 Å². The highest BCUT2D eigenvalue weighted by molar-refractivity contribution is 9.10. The Kier molecular flexibility index (Phi) is 4.77. The molecule has 5 nitrogen and oxygen atoms in total. The van der Waals surface area contributed by atoms with Gasteiger partial charge in [-0.1, -0.05) is 15.9 Å². The molecule has 1 atom stereocenters. The lowest BCUT2D eigenvalue weighted by Crippen LogP contribution is -2.33. The third-order valence-corrected chi connectivity index (χ3v) is 4.98. The van der Waals surface area contributed by atoms with Crippen LogP contribution in [0, 0.1) is 6.92 Å². The molecule has 1 aromatic rings. The molecule has 1 aromatic carbocycles. The van der Waals surface area contributed by atoms with E-state index in [0.29, 0.717) is 15.7 Å². The van der Waals surface area contributed by atoms with Crippen molar-refractivity contribution in [1.29, 1.82) is 0 Å². The maximum atomic E-state index is 12.3. The Labute approximate surface area is 116 Å². The van der Waals surface area contributed by atoms with Crippen LogP contribution in [0.3, 0.4) is 0 Å². The zero-order valence-corrected chi connectivity index (χ0v) is 12.9. The first kappa shape index (κ1) is 15.4. The van der Waals surface area contributed by atoms with Crippen molar-refractivity contribution in [2.75, 3.05) is 19.3 Å². The molecule has 1 rings (SSSR count). The van der Waals surface area contributed by atoms with Crippen molar-refractivity contribution in [2.45, 2.75) is 24.8 Å². The second kappa shape index (κ2) is 5.56. The molecule has 0 spiro atoms. The third kappa shape index (κ3) is 3.23. The quantitative estimate of drug-likeness (QED) is 0.812. The van der Waals surface area contributed by atoms with Crippen molar-refractivity contribution < 1.29 is 13.5 Å². The summed E-state index contributed by atoms with van der Waals surface area (Å²) in [5.41, 5.74) is 6.68. The molecular weight excluding hydrogens is 320 g/mol. The molecule has 0 aliphatic carbocycles. The lowest BCUT2D eigenvalue weighted by Gasteiger charge is -2.20. The number of sulfonamides is 1. The number of hydrogen-bond donors (Lipinski definition) is 2. The zero-order chi connectivity index (χ0) is 14.1. The fourth-order valence-electron chi connectivity index (χ4n) is 1.58. The van der Waals surface area contributed by atoms with E-state index in [0.717, 1.165) is 4.31 Å². The van der Waals surface area contributed by atoms with Gasteiger partial charge in [0.2, 0.25) is 10.0 Å². The Morgan fingerprint density at radius 1 is 1.50 bits per heavy atom. The number of anilines is 1. The molecule has 0 saturated heterocycles. The van der Waals surface area contributed by atoms with E-state index >= 15 is 0 Å². The predicted molar refractivity (Wildman–Crippen MR) is 74.8 cm³/mol. The van der Waals surface area contributed by atoms with Crippen molar-refractivity contribution in [3.05, 3.63) is 22.2 Å². The Morgan fingerprint density at radius 3 is 2.56 bits per heavy atom. The van der Waals surface area contributed by atoms with Crippen LogP contribution in [-0.2, 0) is 10.0 Å². The SMILES string of the molecule is Cc1c(N)cc(Br)cc1S(=O)(=O)N(C)CC(C)O. The molecule has 0 fully saturated rings. The second-order valence-corrected chi connectivity index (χ2v) is 7.18. The first-order chi connectivity index (χ1) is 8.16. The number of halogens is 1. The highest BCUT2D eigenvalue weighted by Gasteiger charge is 2.25. The monoisotopic (exact) mass is 336 g/mol.